The molecule has 1 amide bonds. The minimum absolute atomic E-state index is 0.0350. The molecule has 0 saturated heterocycles. The summed E-state index contributed by atoms with van der Waals surface area (Å²) in [6.07, 6.45) is -17.0. The molecule has 0 aliphatic rings. The number of hydrogen-bond acceptors (Lipinski definition) is 2. The van der Waals surface area contributed by atoms with Gasteiger partial charge in [0, 0.05) is 23.5 Å². The van der Waals surface area contributed by atoms with Crippen LogP contribution in [-0.2, 0) is 11.0 Å². The van der Waals surface area contributed by atoms with E-state index in [-0.39, 0.29) is 24.3 Å². The standard InChI is InChI=1S/C24H16F13NO2/c1-10(21(40)38-9-22(29,30)31)4-19(39)13-3-2-11(5-15(13)24(35,36)37)16(25)8-14(23(32,33)34)12-6-17(26)20(28)18(27)7-12/h2-3,5-8,10,14H,4,9H2,1H3,(H,38,40)/b16-8-/t10-,14?/m0/s1. The monoisotopic (exact) mass is 597 g/mol. The molecule has 0 radical (unpaired) electrons. The number of allylic oxidation sites excluding steroid dienone is 1. The van der Waals surface area contributed by atoms with E-state index >= 15 is 0 Å². The second-order valence-electron chi connectivity index (χ2n) is 8.45. The van der Waals surface area contributed by atoms with Gasteiger partial charge in [0.2, 0.25) is 5.91 Å². The van der Waals surface area contributed by atoms with E-state index in [1.807, 2.05) is 0 Å². The molecule has 2 aromatic rings. The Balaban J connectivity index is 2.45. The lowest BCUT2D eigenvalue weighted by molar-refractivity contribution is -0.140. The van der Waals surface area contributed by atoms with E-state index in [1.54, 1.807) is 0 Å². The van der Waals surface area contributed by atoms with Gasteiger partial charge in [0.05, 0.1) is 5.56 Å². The molecule has 0 aromatic heterocycles. The van der Waals surface area contributed by atoms with Crippen LogP contribution >= 0.6 is 0 Å². The zero-order valence-electron chi connectivity index (χ0n) is 19.8. The van der Waals surface area contributed by atoms with E-state index in [0.29, 0.717) is 12.1 Å². The molecule has 0 heterocycles. The number of ketones is 1. The van der Waals surface area contributed by atoms with Crippen LogP contribution in [0.3, 0.4) is 0 Å². The molecule has 2 rings (SSSR count). The molecule has 0 saturated carbocycles. The van der Waals surface area contributed by atoms with Crippen LogP contribution in [0.25, 0.3) is 5.83 Å². The van der Waals surface area contributed by atoms with Crippen molar-refractivity contribution >= 4 is 17.5 Å². The summed E-state index contributed by atoms with van der Waals surface area (Å²) in [7, 11) is 0. The molecule has 3 nitrogen and oxygen atoms in total. The second kappa shape index (κ2) is 11.9. The zero-order chi connectivity index (χ0) is 30.8. The lowest BCUT2D eigenvalue weighted by Crippen LogP contribution is -2.37. The Kier molecular flexibility index (Phi) is 9.69. The maximum Gasteiger partial charge on any atom is 0.417 e. The fourth-order valence-corrected chi connectivity index (χ4v) is 3.39. The minimum atomic E-state index is -5.44. The maximum atomic E-state index is 14.8. The summed E-state index contributed by atoms with van der Waals surface area (Å²) >= 11 is 0. The van der Waals surface area contributed by atoms with Gasteiger partial charge in [0.25, 0.3) is 0 Å². The lowest BCUT2D eigenvalue weighted by Gasteiger charge is -2.19. The lowest BCUT2D eigenvalue weighted by atomic mass is 9.92. The van der Waals surface area contributed by atoms with Crippen LogP contribution in [0.2, 0.25) is 0 Å². The van der Waals surface area contributed by atoms with Crippen LogP contribution in [0.5, 0.6) is 0 Å². The summed E-state index contributed by atoms with van der Waals surface area (Å²) in [5, 5.41) is 1.45. The highest BCUT2D eigenvalue weighted by molar-refractivity contribution is 6.00. The molecule has 16 heteroatoms. The number of nitrogens with one attached hydrogen (secondary N) is 1. The number of carbonyl (C=O) groups excluding carboxylic acids is 2. The van der Waals surface area contributed by atoms with Gasteiger partial charge in [-0.25, -0.2) is 17.6 Å². The van der Waals surface area contributed by atoms with Crippen LogP contribution in [-0.4, -0.2) is 30.6 Å². The first-order chi connectivity index (χ1) is 18.1. The van der Waals surface area contributed by atoms with E-state index < -0.39 is 101 Å². The smallest absolute Gasteiger partial charge is 0.347 e. The highest BCUT2D eigenvalue weighted by Gasteiger charge is 2.41. The number of amides is 1. The average molecular weight is 597 g/mol. The molecule has 0 aliphatic heterocycles. The molecule has 1 unspecified atom stereocenters. The van der Waals surface area contributed by atoms with Crippen molar-refractivity contribution in [2.24, 2.45) is 5.92 Å². The van der Waals surface area contributed by atoms with Gasteiger partial charge in [-0.05, 0) is 29.8 Å². The maximum absolute atomic E-state index is 14.8. The van der Waals surface area contributed by atoms with E-state index in [2.05, 4.69) is 0 Å². The van der Waals surface area contributed by atoms with Crippen molar-refractivity contribution in [3.05, 3.63) is 76.1 Å². The number of benzene rings is 2. The predicted octanol–water partition coefficient (Wildman–Crippen LogP) is 7.67. The molecule has 0 bridgehead atoms. The van der Waals surface area contributed by atoms with Crippen molar-refractivity contribution in [1.82, 2.24) is 5.32 Å². The molecule has 2 atom stereocenters. The molecule has 2 aromatic carbocycles. The van der Waals surface area contributed by atoms with Gasteiger partial charge in [0.1, 0.15) is 18.3 Å². The van der Waals surface area contributed by atoms with E-state index in [1.165, 1.54) is 5.32 Å². The van der Waals surface area contributed by atoms with Crippen LogP contribution in [0.1, 0.15) is 46.3 Å². The fraction of sp³-hybridized carbons (Fsp3) is 0.333. The predicted molar refractivity (Wildman–Crippen MR) is 113 cm³/mol. The Hall–Kier alpha value is -3.59. The third kappa shape index (κ3) is 8.45. The number of Topliss-reactive ketones (excluding diaryl/α,β-unsaturated/α-hetero) is 1. The van der Waals surface area contributed by atoms with Crippen molar-refractivity contribution in [3.63, 3.8) is 0 Å². The van der Waals surface area contributed by atoms with Crippen molar-refractivity contribution in [2.75, 3.05) is 6.54 Å². The molecule has 40 heavy (non-hydrogen) atoms. The Morgan fingerprint density at radius 2 is 1.45 bits per heavy atom. The van der Waals surface area contributed by atoms with Crippen molar-refractivity contribution in [3.8, 4) is 0 Å². The van der Waals surface area contributed by atoms with E-state index in [9.17, 15) is 66.7 Å². The first-order valence-corrected chi connectivity index (χ1v) is 10.8. The topological polar surface area (TPSA) is 46.2 Å². The van der Waals surface area contributed by atoms with Gasteiger partial charge in [-0.15, -0.1) is 0 Å². The highest BCUT2D eigenvalue weighted by atomic mass is 19.4. The average Bonchev–Trinajstić information content (AvgIpc) is 2.81. The molecule has 220 valence electrons. The third-order valence-electron chi connectivity index (χ3n) is 5.33. The Morgan fingerprint density at radius 3 is 1.93 bits per heavy atom. The van der Waals surface area contributed by atoms with E-state index in [4.69, 9.17) is 0 Å². The van der Waals surface area contributed by atoms with Gasteiger partial charge in [-0.3, -0.25) is 9.59 Å². The van der Waals surface area contributed by atoms with Crippen LogP contribution in [0.15, 0.2) is 36.4 Å². The van der Waals surface area contributed by atoms with Crippen molar-refractivity contribution in [1.29, 1.82) is 0 Å². The summed E-state index contributed by atoms with van der Waals surface area (Å²) in [6, 6.07) is 0.674. The first-order valence-electron chi connectivity index (χ1n) is 10.8. The number of carbonyl (C=O) groups is 2. The highest BCUT2D eigenvalue weighted by Crippen LogP contribution is 2.40. The van der Waals surface area contributed by atoms with Gasteiger partial charge < -0.3 is 5.32 Å². The Bertz CT molecular complexity index is 1270. The fourth-order valence-electron chi connectivity index (χ4n) is 3.39. The van der Waals surface area contributed by atoms with Crippen molar-refractivity contribution < 1.29 is 66.7 Å². The molecule has 0 spiro atoms. The summed E-state index contributed by atoms with van der Waals surface area (Å²) in [6.45, 7) is -0.819. The van der Waals surface area contributed by atoms with Crippen LogP contribution in [0.4, 0.5) is 57.1 Å². The second-order valence-corrected chi connectivity index (χ2v) is 8.45. The van der Waals surface area contributed by atoms with Gasteiger partial charge in [-0.1, -0.05) is 19.1 Å². The van der Waals surface area contributed by atoms with Crippen LogP contribution < -0.4 is 5.32 Å². The molecule has 0 fully saturated rings. The first kappa shape index (κ1) is 32.6. The summed E-state index contributed by atoms with van der Waals surface area (Å²) in [5.74, 6) is -15.5. The number of halogens is 13. The van der Waals surface area contributed by atoms with Gasteiger partial charge in [-0.2, -0.15) is 39.5 Å². The number of alkyl halides is 9. The number of hydrogen-bond donors (Lipinski definition) is 1. The SMILES string of the molecule is C[C@@H](CC(=O)c1ccc(/C(F)=C/C(c2cc(F)c(F)c(F)c2)C(F)(F)F)cc1C(F)(F)F)C(=O)NCC(F)(F)F. The largest absolute Gasteiger partial charge is 0.417 e. The van der Waals surface area contributed by atoms with Crippen LogP contribution in [0, 0.1) is 23.4 Å². The van der Waals surface area contributed by atoms with Gasteiger partial charge in [0.15, 0.2) is 23.2 Å². The summed E-state index contributed by atoms with van der Waals surface area (Å²) in [4.78, 5) is 24.2. The summed E-state index contributed by atoms with van der Waals surface area (Å²) < 4.78 is 173. The molecule has 0 aliphatic carbocycles. The van der Waals surface area contributed by atoms with Crippen molar-refractivity contribution in [2.45, 2.75) is 37.8 Å². The Labute approximate surface area is 216 Å². The van der Waals surface area contributed by atoms with Gasteiger partial charge >= 0.3 is 18.5 Å². The quantitative estimate of drug-likeness (QED) is 0.193. The Morgan fingerprint density at radius 1 is 0.900 bits per heavy atom. The zero-order valence-corrected chi connectivity index (χ0v) is 19.8. The van der Waals surface area contributed by atoms with E-state index in [0.717, 1.165) is 6.92 Å². The molecular formula is C24H16F13NO2. The number of rotatable bonds is 8. The molecule has 1 N–H and O–H groups in total. The summed E-state index contributed by atoms with van der Waals surface area (Å²) in [5.41, 5.74) is -5.45. The third-order valence-corrected chi connectivity index (χ3v) is 5.33. The molecular weight excluding hydrogens is 581 g/mol. The normalized spacial score (nSPS) is 14.6. The minimum Gasteiger partial charge on any atom is -0.347 e.